The molecular weight excluding hydrogens is 537 g/mol. The van der Waals surface area contributed by atoms with Crippen molar-refractivity contribution in [2.75, 3.05) is 31.6 Å². The van der Waals surface area contributed by atoms with Crippen LogP contribution in [-0.4, -0.2) is 57.7 Å². The first-order valence-corrected chi connectivity index (χ1v) is 13.5. The Morgan fingerprint density at radius 2 is 1.95 bits per heavy atom. The van der Waals surface area contributed by atoms with E-state index in [9.17, 15) is 14.0 Å². The maximum Gasteiger partial charge on any atom is 0.343 e. The highest BCUT2D eigenvalue weighted by atomic mass is 35.5. The number of nitrogens with zero attached hydrogens (tertiary/aromatic N) is 4. The van der Waals surface area contributed by atoms with Crippen molar-refractivity contribution in [2.45, 2.75) is 32.1 Å². The average molecular weight is 564 g/mol. The number of hydrogen-bond acceptors (Lipinski definition) is 7. The van der Waals surface area contributed by atoms with Crippen LogP contribution in [0.3, 0.4) is 0 Å². The fraction of sp³-hybridized carbons (Fsp3) is 0.310. The predicted octanol–water partition coefficient (Wildman–Crippen LogP) is 5.32. The largest absolute Gasteiger partial charge is 0.492 e. The number of hydrogen-bond donors (Lipinski definition) is 1. The van der Waals surface area contributed by atoms with Gasteiger partial charge in [-0.1, -0.05) is 23.7 Å². The van der Waals surface area contributed by atoms with Crippen molar-refractivity contribution < 1.29 is 23.5 Å². The molecule has 1 saturated heterocycles. The maximum atomic E-state index is 13.9. The van der Waals surface area contributed by atoms with Crippen LogP contribution in [0.5, 0.6) is 5.75 Å². The van der Waals surface area contributed by atoms with Crippen LogP contribution in [0, 0.1) is 12.7 Å². The number of nitrogens with one attached hydrogen (secondary N) is 1. The molecule has 1 fully saturated rings. The number of benzene rings is 2. The molecular formula is C29H27ClFN5O4. The van der Waals surface area contributed by atoms with E-state index in [-0.39, 0.29) is 40.5 Å². The van der Waals surface area contributed by atoms with Crippen molar-refractivity contribution in [2.24, 2.45) is 0 Å². The summed E-state index contributed by atoms with van der Waals surface area (Å²) < 4.78 is 26.1. The number of fused-ring (bicyclic) bond motifs is 3. The molecule has 0 unspecified atom stereocenters. The minimum Gasteiger partial charge on any atom is -0.492 e. The Morgan fingerprint density at radius 1 is 1.15 bits per heavy atom. The number of halogens is 2. The van der Waals surface area contributed by atoms with Crippen LogP contribution >= 0.6 is 11.6 Å². The summed E-state index contributed by atoms with van der Waals surface area (Å²) in [6, 6.07) is 10.2. The lowest BCUT2D eigenvalue weighted by molar-refractivity contribution is 0.0528. The molecule has 2 aliphatic rings. The highest BCUT2D eigenvalue weighted by molar-refractivity contribution is 6.33. The summed E-state index contributed by atoms with van der Waals surface area (Å²) in [7, 11) is 0. The first kappa shape index (κ1) is 26.1. The topological polar surface area (TPSA) is 98.1 Å². The summed E-state index contributed by atoms with van der Waals surface area (Å²) >= 11 is 6.48. The van der Waals surface area contributed by atoms with E-state index in [1.165, 1.54) is 29.0 Å². The van der Waals surface area contributed by atoms with Crippen LogP contribution in [0.4, 0.5) is 15.9 Å². The minimum absolute atomic E-state index is 0.190. The zero-order valence-electron chi connectivity index (χ0n) is 22.0. The monoisotopic (exact) mass is 563 g/mol. The number of aryl methyl sites for hydroxylation is 1. The van der Waals surface area contributed by atoms with Gasteiger partial charge in [0.25, 0.3) is 5.91 Å². The molecule has 1 N–H and O–H groups in total. The van der Waals surface area contributed by atoms with Gasteiger partial charge in [-0.05, 0) is 50.5 Å². The fourth-order valence-electron chi connectivity index (χ4n) is 5.49. The second-order valence-corrected chi connectivity index (χ2v) is 10.6. The minimum atomic E-state index is -0.552. The smallest absolute Gasteiger partial charge is 0.343 e. The molecule has 1 amide bonds. The van der Waals surface area contributed by atoms with Gasteiger partial charge in [-0.25, -0.2) is 14.2 Å². The van der Waals surface area contributed by atoms with Gasteiger partial charge >= 0.3 is 5.97 Å². The Labute approximate surface area is 234 Å². The molecule has 11 heteroatoms. The summed E-state index contributed by atoms with van der Waals surface area (Å²) in [6.45, 7) is 5.29. The van der Waals surface area contributed by atoms with E-state index in [1.54, 1.807) is 24.0 Å². The van der Waals surface area contributed by atoms with Crippen LogP contribution in [0.15, 0.2) is 48.8 Å². The van der Waals surface area contributed by atoms with E-state index in [2.05, 4.69) is 15.4 Å². The van der Waals surface area contributed by atoms with Gasteiger partial charge in [0.2, 0.25) is 0 Å². The molecule has 2 aromatic carbocycles. The Kier molecular flexibility index (Phi) is 6.58. The van der Waals surface area contributed by atoms with Gasteiger partial charge in [0.15, 0.2) is 5.65 Å². The Bertz CT molecular complexity index is 1650. The Balaban J connectivity index is 1.34. The SMILES string of the molecule is CCOC(=O)c1cnn2c(Nc3cc(C)ccc3Cl)c(C(=O)N3CCC4(CC3)COc3cc(F)ccc34)cnc12. The lowest BCUT2D eigenvalue weighted by Crippen LogP contribution is -2.46. The van der Waals surface area contributed by atoms with Crippen molar-refractivity contribution >= 4 is 40.6 Å². The number of aromatic nitrogens is 3. The van der Waals surface area contributed by atoms with Crippen LogP contribution in [-0.2, 0) is 10.2 Å². The predicted molar refractivity (Wildman–Crippen MR) is 147 cm³/mol. The summed E-state index contributed by atoms with van der Waals surface area (Å²) in [5, 5.41) is 8.11. The van der Waals surface area contributed by atoms with Gasteiger partial charge in [-0.2, -0.15) is 9.61 Å². The Hall–Kier alpha value is -4.18. The highest BCUT2D eigenvalue weighted by Gasteiger charge is 2.44. The third kappa shape index (κ3) is 4.42. The van der Waals surface area contributed by atoms with Crippen LogP contribution < -0.4 is 10.1 Å². The van der Waals surface area contributed by atoms with Crippen molar-refractivity contribution in [1.82, 2.24) is 19.5 Å². The van der Waals surface area contributed by atoms with Crippen LogP contribution in [0.2, 0.25) is 5.02 Å². The van der Waals surface area contributed by atoms with E-state index in [4.69, 9.17) is 21.1 Å². The van der Waals surface area contributed by atoms with Gasteiger partial charge in [-0.3, -0.25) is 4.79 Å². The quantitative estimate of drug-likeness (QED) is 0.328. The molecule has 2 aliphatic heterocycles. The first-order chi connectivity index (χ1) is 19.3. The van der Waals surface area contributed by atoms with Gasteiger partial charge in [0, 0.05) is 36.3 Å². The second-order valence-electron chi connectivity index (χ2n) is 10.1. The number of ether oxygens (including phenoxy) is 2. The summed E-state index contributed by atoms with van der Waals surface area (Å²) in [5.41, 5.74) is 3.02. The second kappa shape index (κ2) is 10.1. The molecule has 0 bridgehead atoms. The summed E-state index contributed by atoms with van der Waals surface area (Å²) in [5.74, 6) is -0.203. The normalized spacial score (nSPS) is 15.7. The number of piperidine rings is 1. The molecule has 4 aromatic rings. The zero-order valence-corrected chi connectivity index (χ0v) is 22.8. The maximum absolute atomic E-state index is 13.9. The van der Waals surface area contributed by atoms with Crippen molar-refractivity contribution in [3.8, 4) is 5.75 Å². The first-order valence-electron chi connectivity index (χ1n) is 13.1. The summed E-state index contributed by atoms with van der Waals surface area (Å²) in [4.78, 5) is 32.7. The van der Waals surface area contributed by atoms with E-state index in [1.807, 2.05) is 19.1 Å². The van der Waals surface area contributed by atoms with E-state index in [0.29, 0.717) is 54.8 Å². The number of carbonyl (C=O) groups is 2. The lowest BCUT2D eigenvalue weighted by atomic mass is 9.74. The molecule has 0 saturated carbocycles. The molecule has 4 heterocycles. The molecule has 0 aliphatic carbocycles. The van der Waals surface area contributed by atoms with E-state index >= 15 is 0 Å². The molecule has 206 valence electrons. The van der Waals surface area contributed by atoms with Crippen LogP contribution in [0.1, 0.15) is 51.6 Å². The standard InChI is InChI=1S/C29H27ClFN5O4/c1-3-39-28(38)20-15-33-36-25(20)32-14-19(26(36)34-23-12-17(2)4-7-22(23)30)27(37)35-10-8-29(9-11-35)16-40-24-13-18(31)5-6-21(24)29/h4-7,12-15,34H,3,8-11,16H2,1-2H3. The number of likely N-dealkylation sites (tertiary alicyclic amines) is 1. The van der Waals surface area contributed by atoms with Gasteiger partial charge in [-0.15, -0.1) is 0 Å². The third-order valence-corrected chi connectivity index (χ3v) is 7.98. The molecule has 1 spiro atoms. The molecule has 9 nitrogen and oxygen atoms in total. The number of esters is 1. The van der Waals surface area contributed by atoms with Crippen molar-refractivity contribution in [3.05, 3.63) is 81.9 Å². The van der Waals surface area contributed by atoms with Crippen molar-refractivity contribution in [1.29, 1.82) is 0 Å². The number of carbonyl (C=O) groups excluding carboxylic acids is 2. The van der Waals surface area contributed by atoms with Crippen LogP contribution in [0.25, 0.3) is 5.65 Å². The summed E-state index contributed by atoms with van der Waals surface area (Å²) in [6.07, 6.45) is 4.18. The van der Waals surface area contributed by atoms with E-state index in [0.717, 1.165) is 11.1 Å². The van der Waals surface area contributed by atoms with Gasteiger partial charge in [0.1, 0.15) is 28.5 Å². The molecule has 0 atom stereocenters. The number of amides is 1. The van der Waals surface area contributed by atoms with Gasteiger partial charge < -0.3 is 19.7 Å². The van der Waals surface area contributed by atoms with E-state index < -0.39 is 5.97 Å². The van der Waals surface area contributed by atoms with Crippen molar-refractivity contribution in [3.63, 3.8) is 0 Å². The molecule has 40 heavy (non-hydrogen) atoms. The number of anilines is 2. The lowest BCUT2D eigenvalue weighted by Gasteiger charge is -2.38. The average Bonchev–Trinajstić information content (AvgIpc) is 3.53. The number of rotatable bonds is 5. The molecule has 2 aromatic heterocycles. The Morgan fingerprint density at radius 3 is 2.73 bits per heavy atom. The molecule has 6 rings (SSSR count). The third-order valence-electron chi connectivity index (χ3n) is 7.65. The highest BCUT2D eigenvalue weighted by Crippen LogP contribution is 2.46. The molecule has 0 radical (unpaired) electrons. The zero-order chi connectivity index (χ0) is 28.0. The van der Waals surface area contributed by atoms with Gasteiger partial charge in [0.05, 0.1) is 30.1 Å². The fourth-order valence-corrected chi connectivity index (χ4v) is 5.66.